The van der Waals surface area contributed by atoms with Crippen LogP contribution in [0.4, 0.5) is 10.6 Å². The molecule has 1 aliphatic carbocycles. The van der Waals surface area contributed by atoms with E-state index in [1.807, 2.05) is 12.1 Å². The van der Waals surface area contributed by atoms with E-state index < -0.39 is 0 Å². The lowest BCUT2D eigenvalue weighted by molar-refractivity contribution is -0.121. The topological polar surface area (TPSA) is 95.6 Å². The van der Waals surface area contributed by atoms with Crippen molar-refractivity contribution >= 4 is 17.8 Å². The Kier molecular flexibility index (Phi) is 8.55. The zero-order valence-corrected chi connectivity index (χ0v) is 17.1. The summed E-state index contributed by atoms with van der Waals surface area (Å²) < 4.78 is 5.40. The van der Waals surface area contributed by atoms with E-state index in [9.17, 15) is 9.59 Å². The number of hydrogen-bond acceptors (Lipinski definition) is 5. The molecule has 1 saturated heterocycles. The number of urea groups is 1. The zero-order valence-electron chi connectivity index (χ0n) is 17.1. The van der Waals surface area contributed by atoms with E-state index in [0.717, 1.165) is 37.3 Å². The van der Waals surface area contributed by atoms with Crippen molar-refractivity contribution in [3.8, 4) is 0 Å². The van der Waals surface area contributed by atoms with E-state index >= 15 is 0 Å². The lowest BCUT2D eigenvalue weighted by Crippen LogP contribution is -2.43. The molecular weight excluding hydrogens is 370 g/mol. The monoisotopic (exact) mass is 403 g/mol. The third kappa shape index (κ3) is 7.20. The van der Waals surface area contributed by atoms with Gasteiger partial charge in [-0.05, 0) is 25.3 Å². The first-order valence-corrected chi connectivity index (χ1v) is 10.8. The standard InChI is InChI=1S/C21H33N5O3/c27-19(9-5-11-23-21(28)25-18-7-2-1-3-8-18)24-16-17-6-4-10-22-20(17)26-12-14-29-15-13-26/h4,6,10,18H,1-3,5,7-9,11-16H2,(H,24,27)(H2,23,25,28). The molecule has 0 unspecified atom stereocenters. The fourth-order valence-electron chi connectivity index (χ4n) is 3.84. The van der Waals surface area contributed by atoms with Gasteiger partial charge < -0.3 is 25.6 Å². The molecule has 160 valence electrons. The van der Waals surface area contributed by atoms with Crippen LogP contribution in [-0.4, -0.2) is 55.8 Å². The van der Waals surface area contributed by atoms with Crippen LogP contribution in [0.1, 0.15) is 50.5 Å². The number of ether oxygens (including phenoxy) is 1. The average Bonchev–Trinajstić information content (AvgIpc) is 2.77. The van der Waals surface area contributed by atoms with Crippen molar-refractivity contribution in [3.63, 3.8) is 0 Å². The molecular formula is C21H33N5O3. The van der Waals surface area contributed by atoms with Crippen molar-refractivity contribution in [1.82, 2.24) is 20.9 Å². The SMILES string of the molecule is O=C(CCCNC(=O)NC1CCCCC1)NCc1cccnc1N1CCOCC1. The van der Waals surface area contributed by atoms with Gasteiger partial charge in [-0.25, -0.2) is 9.78 Å². The molecule has 3 amide bonds. The number of nitrogens with zero attached hydrogens (tertiary/aromatic N) is 2. The van der Waals surface area contributed by atoms with Gasteiger partial charge in [-0.15, -0.1) is 0 Å². The van der Waals surface area contributed by atoms with Gasteiger partial charge in [0.1, 0.15) is 5.82 Å². The number of carbonyl (C=O) groups is 2. The summed E-state index contributed by atoms with van der Waals surface area (Å²) in [6.45, 7) is 3.97. The van der Waals surface area contributed by atoms with Crippen LogP contribution in [-0.2, 0) is 16.1 Å². The van der Waals surface area contributed by atoms with Crippen LogP contribution in [0.15, 0.2) is 18.3 Å². The number of morpholine rings is 1. The second-order valence-electron chi connectivity index (χ2n) is 7.70. The summed E-state index contributed by atoms with van der Waals surface area (Å²) in [4.78, 5) is 30.8. The minimum Gasteiger partial charge on any atom is -0.378 e. The third-order valence-corrected chi connectivity index (χ3v) is 5.46. The van der Waals surface area contributed by atoms with Crippen LogP contribution in [0.3, 0.4) is 0 Å². The predicted octanol–water partition coefficient (Wildman–Crippen LogP) is 1.95. The highest BCUT2D eigenvalue weighted by Gasteiger charge is 2.17. The number of nitrogens with one attached hydrogen (secondary N) is 3. The average molecular weight is 404 g/mol. The first kappa shape index (κ1) is 21.4. The molecule has 3 rings (SSSR count). The minimum absolute atomic E-state index is 0.0173. The van der Waals surface area contributed by atoms with Crippen LogP contribution in [0.5, 0.6) is 0 Å². The Balaban J connectivity index is 1.32. The second-order valence-corrected chi connectivity index (χ2v) is 7.70. The van der Waals surface area contributed by atoms with Gasteiger partial charge in [0.25, 0.3) is 0 Å². The van der Waals surface area contributed by atoms with Crippen molar-refractivity contribution in [2.75, 3.05) is 37.7 Å². The van der Waals surface area contributed by atoms with Crippen LogP contribution in [0.2, 0.25) is 0 Å². The van der Waals surface area contributed by atoms with Crippen LogP contribution < -0.4 is 20.9 Å². The fourth-order valence-corrected chi connectivity index (χ4v) is 3.84. The molecule has 8 nitrogen and oxygen atoms in total. The maximum atomic E-state index is 12.2. The maximum absolute atomic E-state index is 12.2. The molecule has 1 aromatic heterocycles. The summed E-state index contributed by atoms with van der Waals surface area (Å²) in [7, 11) is 0. The fraction of sp³-hybridized carbons (Fsp3) is 0.667. The number of aromatic nitrogens is 1. The molecule has 2 aliphatic rings. The van der Waals surface area contributed by atoms with Gasteiger partial charge in [0, 0.05) is 50.4 Å². The maximum Gasteiger partial charge on any atom is 0.315 e. The number of rotatable bonds is 8. The molecule has 0 spiro atoms. The summed E-state index contributed by atoms with van der Waals surface area (Å²) >= 11 is 0. The van der Waals surface area contributed by atoms with Gasteiger partial charge >= 0.3 is 6.03 Å². The number of anilines is 1. The normalized spacial score (nSPS) is 17.6. The Morgan fingerprint density at radius 2 is 1.93 bits per heavy atom. The Morgan fingerprint density at radius 1 is 1.14 bits per heavy atom. The summed E-state index contributed by atoms with van der Waals surface area (Å²) in [5.41, 5.74) is 1.01. The molecule has 0 aromatic carbocycles. The van der Waals surface area contributed by atoms with E-state index in [1.54, 1.807) is 6.20 Å². The molecule has 3 N–H and O–H groups in total. The molecule has 1 aromatic rings. The molecule has 1 saturated carbocycles. The molecule has 2 fully saturated rings. The summed E-state index contributed by atoms with van der Waals surface area (Å²) in [5, 5.41) is 8.84. The van der Waals surface area contributed by atoms with Crippen LogP contribution in [0.25, 0.3) is 0 Å². The van der Waals surface area contributed by atoms with Gasteiger partial charge in [-0.1, -0.05) is 25.3 Å². The molecule has 0 radical (unpaired) electrons. The first-order valence-electron chi connectivity index (χ1n) is 10.8. The van der Waals surface area contributed by atoms with Crippen molar-refractivity contribution < 1.29 is 14.3 Å². The third-order valence-electron chi connectivity index (χ3n) is 5.46. The van der Waals surface area contributed by atoms with Crippen molar-refractivity contribution in [1.29, 1.82) is 0 Å². The zero-order chi connectivity index (χ0) is 20.3. The minimum atomic E-state index is -0.122. The van der Waals surface area contributed by atoms with E-state index in [1.165, 1.54) is 19.3 Å². The van der Waals surface area contributed by atoms with Gasteiger partial charge in [0.05, 0.1) is 13.2 Å². The largest absolute Gasteiger partial charge is 0.378 e. The van der Waals surface area contributed by atoms with Crippen LogP contribution in [0, 0.1) is 0 Å². The van der Waals surface area contributed by atoms with Gasteiger partial charge in [-0.2, -0.15) is 0 Å². The Hall–Kier alpha value is -2.35. The van der Waals surface area contributed by atoms with Gasteiger partial charge in [-0.3, -0.25) is 4.79 Å². The van der Waals surface area contributed by atoms with E-state index in [2.05, 4.69) is 25.8 Å². The quantitative estimate of drug-likeness (QED) is 0.577. The van der Waals surface area contributed by atoms with E-state index in [0.29, 0.717) is 45.2 Å². The van der Waals surface area contributed by atoms with E-state index in [4.69, 9.17) is 4.74 Å². The highest BCUT2D eigenvalue weighted by Crippen LogP contribution is 2.18. The lowest BCUT2D eigenvalue weighted by Gasteiger charge is -2.29. The number of amides is 3. The molecule has 1 aliphatic heterocycles. The van der Waals surface area contributed by atoms with Crippen molar-refractivity contribution in [2.24, 2.45) is 0 Å². The van der Waals surface area contributed by atoms with Crippen molar-refractivity contribution in [3.05, 3.63) is 23.9 Å². The lowest BCUT2D eigenvalue weighted by atomic mass is 9.96. The molecule has 0 bridgehead atoms. The van der Waals surface area contributed by atoms with E-state index in [-0.39, 0.29) is 11.9 Å². The highest BCUT2D eigenvalue weighted by atomic mass is 16.5. The number of carbonyl (C=O) groups excluding carboxylic acids is 2. The first-order chi connectivity index (χ1) is 14.2. The van der Waals surface area contributed by atoms with Gasteiger partial charge in [0.2, 0.25) is 5.91 Å². The predicted molar refractivity (Wildman–Crippen MR) is 112 cm³/mol. The molecule has 2 heterocycles. The van der Waals surface area contributed by atoms with Crippen LogP contribution >= 0.6 is 0 Å². The molecule has 8 heteroatoms. The van der Waals surface area contributed by atoms with Crippen molar-refractivity contribution in [2.45, 2.75) is 57.5 Å². The molecule has 0 atom stereocenters. The van der Waals surface area contributed by atoms with Gasteiger partial charge in [0.15, 0.2) is 0 Å². The summed E-state index contributed by atoms with van der Waals surface area (Å²) in [6, 6.07) is 4.06. The summed E-state index contributed by atoms with van der Waals surface area (Å²) in [5.74, 6) is 0.897. The number of hydrogen-bond donors (Lipinski definition) is 3. The second kappa shape index (κ2) is 11.6. The smallest absolute Gasteiger partial charge is 0.315 e. The summed E-state index contributed by atoms with van der Waals surface area (Å²) in [6.07, 6.45) is 8.56. The number of pyridine rings is 1. The Labute approximate surface area is 172 Å². The molecule has 29 heavy (non-hydrogen) atoms. The Morgan fingerprint density at radius 3 is 2.72 bits per heavy atom. The highest BCUT2D eigenvalue weighted by molar-refractivity contribution is 5.76. The Bertz CT molecular complexity index is 657.